The van der Waals surface area contributed by atoms with Gasteiger partial charge in [0.15, 0.2) is 0 Å². The number of nitrogens with one attached hydrogen (secondary N) is 1. The van der Waals surface area contributed by atoms with Gasteiger partial charge >= 0.3 is 0 Å². The molecule has 1 rings (SSSR count). The Kier molecular flexibility index (Phi) is 6.16. The fraction of sp³-hybridized carbons (Fsp3) is 0.571. The van der Waals surface area contributed by atoms with Gasteiger partial charge in [0.05, 0.1) is 4.88 Å². The fourth-order valence-corrected chi connectivity index (χ4v) is 2.40. The summed E-state index contributed by atoms with van der Waals surface area (Å²) in [7, 11) is 1.76. The third kappa shape index (κ3) is 5.30. The Balaban J connectivity index is 2.31. The number of carbonyl (C=O) groups is 2. The topological polar surface area (TPSA) is 75.4 Å². The van der Waals surface area contributed by atoms with Gasteiger partial charge in [0, 0.05) is 26.6 Å². The van der Waals surface area contributed by atoms with Gasteiger partial charge in [-0.3, -0.25) is 9.59 Å². The summed E-state index contributed by atoms with van der Waals surface area (Å²) in [5.41, 5.74) is 5.56. The van der Waals surface area contributed by atoms with Crippen molar-refractivity contribution in [2.45, 2.75) is 20.3 Å². The molecule has 0 atom stereocenters. The molecular weight excluding hydrogens is 274 g/mol. The molecule has 0 aliphatic rings. The van der Waals surface area contributed by atoms with Gasteiger partial charge in [-0.2, -0.15) is 0 Å². The lowest BCUT2D eigenvalue weighted by Gasteiger charge is -2.29. The molecule has 0 saturated carbocycles. The number of nitrogens with two attached hydrogens (primary N) is 1. The normalized spacial score (nSPS) is 11.2. The van der Waals surface area contributed by atoms with Gasteiger partial charge in [-0.05, 0) is 23.4 Å². The number of nitrogens with zero attached hydrogens (tertiary/aromatic N) is 1. The van der Waals surface area contributed by atoms with Crippen molar-refractivity contribution in [1.29, 1.82) is 0 Å². The molecule has 1 aromatic heterocycles. The molecule has 0 spiro atoms. The summed E-state index contributed by atoms with van der Waals surface area (Å²) in [6.07, 6.45) is 0.300. The van der Waals surface area contributed by atoms with E-state index >= 15 is 0 Å². The lowest BCUT2D eigenvalue weighted by Crippen LogP contribution is -2.40. The minimum atomic E-state index is -0.127. The van der Waals surface area contributed by atoms with E-state index in [1.165, 1.54) is 11.3 Å². The molecule has 20 heavy (non-hydrogen) atoms. The van der Waals surface area contributed by atoms with Crippen molar-refractivity contribution in [2.24, 2.45) is 11.1 Å². The van der Waals surface area contributed by atoms with Crippen LogP contribution in [0.4, 0.5) is 0 Å². The highest BCUT2D eigenvalue weighted by Crippen LogP contribution is 2.14. The minimum absolute atomic E-state index is 0.0120. The molecule has 1 heterocycles. The summed E-state index contributed by atoms with van der Waals surface area (Å²) >= 11 is 1.39. The Labute approximate surface area is 124 Å². The maximum atomic E-state index is 11.9. The first kappa shape index (κ1) is 16.7. The molecule has 2 amide bonds. The van der Waals surface area contributed by atoms with Gasteiger partial charge < -0.3 is 16.0 Å². The number of carbonyl (C=O) groups excluding carboxylic acids is 2. The van der Waals surface area contributed by atoms with Crippen molar-refractivity contribution in [3.8, 4) is 0 Å². The quantitative estimate of drug-likeness (QED) is 0.797. The second-order valence-electron chi connectivity index (χ2n) is 5.60. The molecule has 0 aliphatic heterocycles. The van der Waals surface area contributed by atoms with Gasteiger partial charge in [-0.15, -0.1) is 11.3 Å². The van der Waals surface area contributed by atoms with Crippen molar-refractivity contribution < 1.29 is 9.59 Å². The van der Waals surface area contributed by atoms with E-state index in [4.69, 9.17) is 5.73 Å². The first-order chi connectivity index (χ1) is 9.35. The fourth-order valence-electron chi connectivity index (χ4n) is 1.76. The zero-order valence-electron chi connectivity index (χ0n) is 12.3. The van der Waals surface area contributed by atoms with Crippen LogP contribution in [0.15, 0.2) is 17.5 Å². The zero-order valence-corrected chi connectivity index (χ0v) is 13.1. The molecule has 0 aromatic carbocycles. The standard InChI is InChI=1S/C14H23N3O2S/c1-14(2,9-15)10-17(3)12(18)6-7-16-13(19)11-5-4-8-20-11/h4-5,8H,6-7,9-10,15H2,1-3H3,(H,16,19). The Morgan fingerprint density at radius 3 is 2.70 bits per heavy atom. The van der Waals surface area contributed by atoms with Crippen molar-refractivity contribution in [2.75, 3.05) is 26.7 Å². The van der Waals surface area contributed by atoms with E-state index in [-0.39, 0.29) is 17.2 Å². The molecule has 112 valence electrons. The van der Waals surface area contributed by atoms with Crippen LogP contribution in [0.1, 0.15) is 29.9 Å². The Morgan fingerprint density at radius 1 is 1.45 bits per heavy atom. The summed E-state index contributed by atoms with van der Waals surface area (Å²) in [6.45, 7) is 5.54. The molecule has 0 aliphatic carbocycles. The lowest BCUT2D eigenvalue weighted by molar-refractivity contribution is -0.130. The Morgan fingerprint density at radius 2 is 2.15 bits per heavy atom. The van der Waals surface area contributed by atoms with Crippen LogP contribution in [0.2, 0.25) is 0 Å². The second-order valence-corrected chi connectivity index (χ2v) is 6.55. The van der Waals surface area contributed by atoms with Crippen LogP contribution in [-0.2, 0) is 4.79 Å². The van der Waals surface area contributed by atoms with E-state index in [0.717, 1.165) is 0 Å². The van der Waals surface area contributed by atoms with Crippen molar-refractivity contribution >= 4 is 23.2 Å². The third-order valence-corrected chi connectivity index (χ3v) is 3.88. The van der Waals surface area contributed by atoms with Crippen molar-refractivity contribution in [3.05, 3.63) is 22.4 Å². The van der Waals surface area contributed by atoms with Crippen LogP contribution < -0.4 is 11.1 Å². The molecule has 0 unspecified atom stereocenters. The smallest absolute Gasteiger partial charge is 0.261 e. The Bertz CT molecular complexity index is 443. The molecule has 6 heteroatoms. The minimum Gasteiger partial charge on any atom is -0.351 e. The van der Waals surface area contributed by atoms with Gasteiger partial charge in [-0.25, -0.2) is 0 Å². The van der Waals surface area contributed by atoms with Crippen LogP contribution in [0.3, 0.4) is 0 Å². The van der Waals surface area contributed by atoms with Gasteiger partial charge in [-0.1, -0.05) is 19.9 Å². The van der Waals surface area contributed by atoms with E-state index in [1.807, 2.05) is 25.3 Å². The predicted octanol–water partition coefficient (Wildman–Crippen LogP) is 1.31. The van der Waals surface area contributed by atoms with E-state index in [1.54, 1.807) is 18.0 Å². The SMILES string of the molecule is CN(CC(C)(C)CN)C(=O)CCNC(=O)c1cccs1. The Hall–Kier alpha value is -1.40. The van der Waals surface area contributed by atoms with E-state index in [9.17, 15) is 9.59 Å². The summed E-state index contributed by atoms with van der Waals surface area (Å²) in [4.78, 5) is 26.0. The molecule has 0 bridgehead atoms. The highest BCUT2D eigenvalue weighted by molar-refractivity contribution is 7.12. The van der Waals surface area contributed by atoms with Gasteiger partial charge in [0.1, 0.15) is 0 Å². The zero-order chi connectivity index (χ0) is 15.2. The van der Waals surface area contributed by atoms with E-state index < -0.39 is 0 Å². The van der Waals surface area contributed by atoms with Crippen LogP contribution >= 0.6 is 11.3 Å². The maximum Gasteiger partial charge on any atom is 0.261 e. The van der Waals surface area contributed by atoms with Crippen LogP contribution in [0.5, 0.6) is 0 Å². The van der Waals surface area contributed by atoms with Crippen molar-refractivity contribution in [3.63, 3.8) is 0 Å². The number of amides is 2. The summed E-state index contributed by atoms with van der Waals surface area (Å²) < 4.78 is 0. The summed E-state index contributed by atoms with van der Waals surface area (Å²) in [6, 6.07) is 3.59. The largest absolute Gasteiger partial charge is 0.351 e. The number of hydrogen-bond donors (Lipinski definition) is 2. The molecule has 0 saturated heterocycles. The monoisotopic (exact) mass is 297 g/mol. The number of hydrogen-bond acceptors (Lipinski definition) is 4. The van der Waals surface area contributed by atoms with E-state index in [0.29, 0.717) is 30.9 Å². The van der Waals surface area contributed by atoms with Crippen molar-refractivity contribution in [1.82, 2.24) is 10.2 Å². The molecular formula is C14H23N3O2S. The van der Waals surface area contributed by atoms with E-state index in [2.05, 4.69) is 5.32 Å². The lowest BCUT2D eigenvalue weighted by atomic mass is 9.93. The molecule has 5 nitrogen and oxygen atoms in total. The molecule has 0 fully saturated rings. The van der Waals surface area contributed by atoms with Crippen LogP contribution in [-0.4, -0.2) is 43.4 Å². The first-order valence-electron chi connectivity index (χ1n) is 6.61. The highest BCUT2D eigenvalue weighted by atomic mass is 32.1. The molecule has 3 N–H and O–H groups in total. The van der Waals surface area contributed by atoms with Gasteiger partial charge in [0.25, 0.3) is 5.91 Å². The summed E-state index contributed by atoms with van der Waals surface area (Å²) in [5, 5.41) is 4.60. The van der Waals surface area contributed by atoms with Crippen LogP contribution in [0.25, 0.3) is 0 Å². The third-order valence-electron chi connectivity index (χ3n) is 3.01. The van der Waals surface area contributed by atoms with Crippen LogP contribution in [0, 0.1) is 5.41 Å². The average molecular weight is 297 g/mol. The molecule has 1 aromatic rings. The molecule has 0 radical (unpaired) electrons. The second kappa shape index (κ2) is 7.40. The summed E-state index contributed by atoms with van der Waals surface area (Å²) in [5.74, 6) is -0.115. The maximum absolute atomic E-state index is 11.9. The average Bonchev–Trinajstić information content (AvgIpc) is 2.91. The first-order valence-corrected chi connectivity index (χ1v) is 7.49. The number of thiophene rings is 1. The predicted molar refractivity (Wildman–Crippen MR) is 81.7 cm³/mol. The highest BCUT2D eigenvalue weighted by Gasteiger charge is 2.20. The number of rotatable bonds is 7. The van der Waals surface area contributed by atoms with Gasteiger partial charge in [0.2, 0.25) is 5.91 Å².